The Hall–Kier alpha value is -3.14. The fourth-order valence-electron chi connectivity index (χ4n) is 3.09. The van der Waals surface area contributed by atoms with E-state index < -0.39 is 0 Å². The fourth-order valence-corrected chi connectivity index (χ4v) is 3.09. The number of nitrogens with one attached hydrogen (secondary N) is 3. The Bertz CT molecular complexity index is 989. The highest BCUT2D eigenvalue weighted by atomic mass is 16.5. The summed E-state index contributed by atoms with van der Waals surface area (Å²) in [5.41, 5.74) is 2.40. The van der Waals surface area contributed by atoms with Crippen molar-refractivity contribution >= 4 is 28.5 Å². The molecular weight excluding hydrogens is 386 g/mol. The van der Waals surface area contributed by atoms with Crippen LogP contribution in [0.25, 0.3) is 16.7 Å². The second-order valence-electron chi connectivity index (χ2n) is 6.78. The first-order valence-corrected chi connectivity index (χ1v) is 10.2. The maximum Gasteiger partial charge on any atom is 0.314 e. The second kappa shape index (κ2) is 10.6. The maximum absolute atomic E-state index is 11.4. The van der Waals surface area contributed by atoms with Gasteiger partial charge in [-0.15, -0.1) is 10.2 Å². The molecule has 2 aromatic heterocycles. The largest absolute Gasteiger partial charge is 0.491 e. The number of carbonyl (C=O) groups excluding carboxylic acids is 1. The molecule has 0 atom stereocenters. The number of anilines is 1. The first-order valence-electron chi connectivity index (χ1n) is 10.2. The molecule has 162 valence electrons. The molecule has 10 heteroatoms. The van der Waals surface area contributed by atoms with Crippen LogP contribution in [0, 0.1) is 6.92 Å². The van der Waals surface area contributed by atoms with Crippen LogP contribution in [0.4, 0.5) is 10.6 Å². The monoisotopic (exact) mass is 415 g/mol. The van der Waals surface area contributed by atoms with Gasteiger partial charge in [-0.2, -0.15) is 0 Å². The zero-order chi connectivity index (χ0) is 21.3. The van der Waals surface area contributed by atoms with Gasteiger partial charge < -0.3 is 25.4 Å². The van der Waals surface area contributed by atoms with Crippen LogP contribution in [0.15, 0.2) is 18.2 Å². The highest BCUT2D eigenvalue weighted by Crippen LogP contribution is 2.25. The summed E-state index contributed by atoms with van der Waals surface area (Å²) in [7, 11) is 1.64. The van der Waals surface area contributed by atoms with Gasteiger partial charge >= 0.3 is 6.03 Å². The van der Waals surface area contributed by atoms with E-state index >= 15 is 0 Å². The lowest BCUT2D eigenvalue weighted by Crippen LogP contribution is -2.35. The van der Waals surface area contributed by atoms with E-state index in [1.807, 2.05) is 36.4 Å². The number of urea groups is 1. The standard InChI is InChI=1S/C20H29N7O3/c1-4-21-20(28)23-10-6-5-9-22-18-19-26-25-14(2)27(19)17-8-7-15(13-16(17)24-18)30-12-11-29-3/h7-8,13H,4-6,9-12H2,1-3H3,(H,22,24)(H2,21,23,28). The van der Waals surface area contributed by atoms with Crippen molar-refractivity contribution in [1.82, 2.24) is 30.2 Å². The number of aromatic nitrogens is 4. The summed E-state index contributed by atoms with van der Waals surface area (Å²) < 4.78 is 12.7. The molecule has 2 amide bonds. The minimum Gasteiger partial charge on any atom is -0.491 e. The van der Waals surface area contributed by atoms with Crippen molar-refractivity contribution in [3.63, 3.8) is 0 Å². The molecule has 0 bridgehead atoms. The summed E-state index contributed by atoms with van der Waals surface area (Å²) in [6.45, 7) is 6.76. The van der Waals surface area contributed by atoms with Crippen LogP contribution in [0.2, 0.25) is 0 Å². The molecule has 10 nitrogen and oxygen atoms in total. The zero-order valence-corrected chi connectivity index (χ0v) is 17.7. The van der Waals surface area contributed by atoms with E-state index in [0.29, 0.717) is 44.3 Å². The molecule has 0 saturated carbocycles. The number of methoxy groups -OCH3 is 1. The SMILES string of the molecule is CCNC(=O)NCCCCNc1nc2cc(OCCOC)ccc2n2c(C)nnc12. The van der Waals surface area contributed by atoms with Crippen molar-refractivity contribution < 1.29 is 14.3 Å². The summed E-state index contributed by atoms with van der Waals surface area (Å²) in [4.78, 5) is 16.1. The van der Waals surface area contributed by atoms with Gasteiger partial charge in [-0.25, -0.2) is 9.78 Å². The minimum atomic E-state index is -0.133. The molecule has 0 aliphatic heterocycles. The highest BCUT2D eigenvalue weighted by molar-refractivity contribution is 5.84. The number of aryl methyl sites for hydroxylation is 1. The predicted octanol–water partition coefficient (Wildman–Crippen LogP) is 2.12. The Kier molecular flexibility index (Phi) is 7.61. The average molecular weight is 415 g/mol. The molecule has 0 unspecified atom stereocenters. The molecule has 3 aromatic rings. The number of nitrogens with zero attached hydrogens (tertiary/aromatic N) is 4. The lowest BCUT2D eigenvalue weighted by molar-refractivity contribution is 0.146. The smallest absolute Gasteiger partial charge is 0.314 e. The average Bonchev–Trinajstić information content (AvgIpc) is 3.13. The van der Waals surface area contributed by atoms with Crippen molar-refractivity contribution in [2.24, 2.45) is 0 Å². The molecule has 30 heavy (non-hydrogen) atoms. The molecule has 3 N–H and O–H groups in total. The number of benzene rings is 1. The van der Waals surface area contributed by atoms with Crippen molar-refractivity contribution in [3.8, 4) is 5.75 Å². The van der Waals surface area contributed by atoms with Gasteiger partial charge in [-0.1, -0.05) is 0 Å². The Morgan fingerprint density at radius 3 is 2.77 bits per heavy atom. The number of hydrogen-bond donors (Lipinski definition) is 3. The van der Waals surface area contributed by atoms with Crippen LogP contribution in [0.5, 0.6) is 5.75 Å². The van der Waals surface area contributed by atoms with Crippen LogP contribution in [0.1, 0.15) is 25.6 Å². The summed E-state index contributed by atoms with van der Waals surface area (Å²) in [5, 5.41) is 17.4. The number of amides is 2. The van der Waals surface area contributed by atoms with E-state index in [4.69, 9.17) is 14.5 Å². The van der Waals surface area contributed by atoms with Gasteiger partial charge in [-0.3, -0.25) is 4.40 Å². The van der Waals surface area contributed by atoms with Gasteiger partial charge in [0.15, 0.2) is 5.82 Å². The zero-order valence-electron chi connectivity index (χ0n) is 17.7. The van der Waals surface area contributed by atoms with Crippen LogP contribution in [-0.4, -0.2) is 65.6 Å². The first kappa shape index (κ1) is 21.6. The third-order valence-corrected chi connectivity index (χ3v) is 4.53. The van der Waals surface area contributed by atoms with Crippen LogP contribution >= 0.6 is 0 Å². The van der Waals surface area contributed by atoms with Gasteiger partial charge in [0.05, 0.1) is 17.6 Å². The lowest BCUT2D eigenvalue weighted by atomic mass is 10.2. The van der Waals surface area contributed by atoms with E-state index in [0.717, 1.165) is 35.4 Å². The van der Waals surface area contributed by atoms with Crippen molar-refractivity contribution in [2.45, 2.75) is 26.7 Å². The lowest BCUT2D eigenvalue weighted by Gasteiger charge is -2.11. The number of unbranched alkanes of at least 4 members (excludes halogenated alkanes) is 1. The van der Waals surface area contributed by atoms with Crippen molar-refractivity contribution in [2.75, 3.05) is 45.3 Å². The number of hydrogen-bond acceptors (Lipinski definition) is 7. The Labute approximate surface area is 175 Å². The van der Waals surface area contributed by atoms with Crippen LogP contribution in [-0.2, 0) is 4.74 Å². The summed E-state index contributed by atoms with van der Waals surface area (Å²) in [5.74, 6) is 2.20. The number of ether oxygens (including phenoxy) is 2. The van der Waals surface area contributed by atoms with Gasteiger partial charge in [0.1, 0.15) is 18.2 Å². The van der Waals surface area contributed by atoms with Crippen molar-refractivity contribution in [1.29, 1.82) is 0 Å². The molecular formula is C20H29N7O3. The van der Waals surface area contributed by atoms with Gasteiger partial charge in [0.25, 0.3) is 0 Å². The normalized spacial score (nSPS) is 11.0. The third kappa shape index (κ3) is 5.26. The molecule has 0 fully saturated rings. The summed E-state index contributed by atoms with van der Waals surface area (Å²) in [6, 6.07) is 5.65. The van der Waals surface area contributed by atoms with Crippen molar-refractivity contribution in [3.05, 3.63) is 24.0 Å². The topological polar surface area (TPSA) is 115 Å². The van der Waals surface area contributed by atoms with Gasteiger partial charge in [-0.05, 0) is 38.8 Å². The molecule has 1 aromatic carbocycles. The van der Waals surface area contributed by atoms with E-state index in [9.17, 15) is 4.79 Å². The first-order chi connectivity index (χ1) is 14.6. The molecule has 0 spiro atoms. The Morgan fingerprint density at radius 2 is 1.97 bits per heavy atom. The quantitative estimate of drug-likeness (QED) is 0.411. The predicted molar refractivity (Wildman–Crippen MR) is 115 cm³/mol. The molecule has 0 aliphatic rings. The van der Waals surface area contributed by atoms with E-state index in [2.05, 4.69) is 26.1 Å². The fraction of sp³-hybridized carbons (Fsp3) is 0.500. The van der Waals surface area contributed by atoms with Crippen LogP contribution in [0.3, 0.4) is 0 Å². The van der Waals surface area contributed by atoms with Gasteiger partial charge in [0.2, 0.25) is 5.65 Å². The molecule has 3 rings (SSSR count). The van der Waals surface area contributed by atoms with E-state index in [1.165, 1.54) is 0 Å². The summed E-state index contributed by atoms with van der Waals surface area (Å²) in [6.07, 6.45) is 1.74. The Morgan fingerprint density at radius 1 is 1.13 bits per heavy atom. The van der Waals surface area contributed by atoms with E-state index in [1.54, 1.807) is 7.11 Å². The van der Waals surface area contributed by atoms with Gasteiger partial charge in [0, 0.05) is 32.8 Å². The van der Waals surface area contributed by atoms with E-state index in [-0.39, 0.29) is 6.03 Å². The van der Waals surface area contributed by atoms with Crippen LogP contribution < -0.4 is 20.7 Å². The highest BCUT2D eigenvalue weighted by Gasteiger charge is 2.13. The minimum absolute atomic E-state index is 0.133. The molecule has 0 saturated heterocycles. The Balaban J connectivity index is 1.69. The number of fused-ring (bicyclic) bond motifs is 3. The second-order valence-corrected chi connectivity index (χ2v) is 6.78. The maximum atomic E-state index is 11.4. The molecule has 0 radical (unpaired) electrons. The number of carbonyl (C=O) groups is 1. The third-order valence-electron chi connectivity index (χ3n) is 4.53. The molecule has 2 heterocycles. The summed E-state index contributed by atoms with van der Waals surface area (Å²) >= 11 is 0. The number of rotatable bonds is 11. The molecule has 0 aliphatic carbocycles.